The molecule has 2 heterocycles. The molecule has 1 N–H and O–H groups in total. The van der Waals surface area contributed by atoms with Crippen LogP contribution in [0.1, 0.15) is 32.6 Å². The Balaban J connectivity index is 1.65. The number of aromatic nitrogens is 2. The van der Waals surface area contributed by atoms with Crippen molar-refractivity contribution in [2.45, 2.75) is 20.1 Å². The van der Waals surface area contributed by atoms with Gasteiger partial charge >= 0.3 is 5.97 Å². The number of carboxylic acids is 1. The molecule has 0 bridgehead atoms. The number of fused-ring (bicyclic) bond motifs is 3. The molecule has 0 atom stereocenters. The number of rotatable bonds is 3. The average molecular weight is 396 g/mol. The second-order valence-corrected chi connectivity index (χ2v) is 7.47. The van der Waals surface area contributed by atoms with Crippen LogP contribution in [-0.2, 0) is 13.2 Å². The highest BCUT2D eigenvalue weighted by Gasteiger charge is 2.20. The van der Waals surface area contributed by atoms with E-state index in [1.54, 1.807) is 18.2 Å². The minimum atomic E-state index is -0.953. The summed E-state index contributed by atoms with van der Waals surface area (Å²) in [7, 11) is 0. The van der Waals surface area contributed by atoms with Crippen molar-refractivity contribution < 1.29 is 14.6 Å². The number of imidazole rings is 1. The third kappa shape index (κ3) is 3.14. The highest BCUT2D eigenvalue weighted by molar-refractivity contribution is 5.92. The fourth-order valence-electron chi connectivity index (χ4n) is 3.94. The van der Waals surface area contributed by atoms with E-state index in [9.17, 15) is 9.90 Å². The molecule has 4 aromatic rings. The molecule has 5 rings (SSSR count). The first-order valence-corrected chi connectivity index (χ1v) is 9.80. The van der Waals surface area contributed by atoms with Crippen LogP contribution < -0.4 is 4.74 Å². The maximum absolute atomic E-state index is 11.6. The van der Waals surface area contributed by atoms with Gasteiger partial charge in [-0.15, -0.1) is 0 Å². The van der Waals surface area contributed by atoms with Crippen LogP contribution in [0.5, 0.6) is 5.75 Å². The van der Waals surface area contributed by atoms with E-state index in [-0.39, 0.29) is 5.56 Å². The molecule has 30 heavy (non-hydrogen) atoms. The van der Waals surface area contributed by atoms with Crippen molar-refractivity contribution in [2.24, 2.45) is 0 Å². The van der Waals surface area contributed by atoms with E-state index in [1.165, 1.54) is 5.56 Å². The van der Waals surface area contributed by atoms with Crippen LogP contribution >= 0.6 is 0 Å². The summed E-state index contributed by atoms with van der Waals surface area (Å²) in [6, 6.07) is 19.3. The molecule has 0 spiro atoms. The number of hydrogen-bond acceptors (Lipinski definition) is 3. The van der Waals surface area contributed by atoms with Gasteiger partial charge < -0.3 is 14.4 Å². The van der Waals surface area contributed by atoms with Gasteiger partial charge in [-0.3, -0.25) is 0 Å². The van der Waals surface area contributed by atoms with E-state index in [2.05, 4.69) is 46.8 Å². The number of nitrogens with zero attached hydrogens (tertiary/aromatic N) is 2. The van der Waals surface area contributed by atoms with Crippen molar-refractivity contribution >= 4 is 22.6 Å². The van der Waals surface area contributed by atoms with E-state index >= 15 is 0 Å². The standard InChI is InChI=1S/C25H20N2O3/c1-16-6-8-23-22(12-16)26-15-27(23)11-10-20-19-5-3-2-4-18(19)14-30-24-9-7-17(25(28)29)13-21(20)24/h2-10,12-13,15H,11,14H2,1H3,(H,28,29)/b20-10+. The Morgan fingerprint density at radius 2 is 2.00 bits per heavy atom. The summed E-state index contributed by atoms with van der Waals surface area (Å²) in [5, 5.41) is 9.49. The Bertz CT molecular complexity index is 1320. The Labute approximate surface area is 173 Å². The predicted octanol–water partition coefficient (Wildman–Crippen LogP) is 5.07. The summed E-state index contributed by atoms with van der Waals surface area (Å²) in [6.07, 6.45) is 3.97. The minimum Gasteiger partial charge on any atom is -0.488 e. The van der Waals surface area contributed by atoms with Gasteiger partial charge in [0.15, 0.2) is 0 Å². The number of aromatic carboxylic acids is 1. The van der Waals surface area contributed by atoms with Gasteiger partial charge in [0.2, 0.25) is 0 Å². The lowest BCUT2D eigenvalue weighted by Crippen LogP contribution is -2.00. The Kier molecular flexibility index (Phi) is 4.36. The van der Waals surface area contributed by atoms with E-state index in [1.807, 2.05) is 24.5 Å². The molecule has 0 aliphatic carbocycles. The first-order valence-electron chi connectivity index (χ1n) is 9.80. The highest BCUT2D eigenvalue weighted by Crippen LogP contribution is 2.37. The lowest BCUT2D eigenvalue weighted by atomic mass is 9.93. The summed E-state index contributed by atoms with van der Waals surface area (Å²) < 4.78 is 8.10. The molecule has 148 valence electrons. The zero-order valence-electron chi connectivity index (χ0n) is 16.5. The largest absolute Gasteiger partial charge is 0.488 e. The van der Waals surface area contributed by atoms with Gasteiger partial charge in [0, 0.05) is 12.1 Å². The number of aryl methyl sites for hydroxylation is 1. The molecule has 1 aliphatic heterocycles. The number of hydrogen-bond donors (Lipinski definition) is 1. The van der Waals surface area contributed by atoms with E-state index < -0.39 is 5.97 Å². The summed E-state index contributed by atoms with van der Waals surface area (Å²) >= 11 is 0. The van der Waals surface area contributed by atoms with Crippen molar-refractivity contribution in [3.05, 3.63) is 101 Å². The van der Waals surface area contributed by atoms with E-state index in [0.717, 1.165) is 33.3 Å². The van der Waals surface area contributed by atoms with Crippen LogP contribution in [0.2, 0.25) is 0 Å². The molecule has 0 unspecified atom stereocenters. The second-order valence-electron chi connectivity index (χ2n) is 7.47. The van der Waals surface area contributed by atoms with Crippen molar-refractivity contribution in [1.82, 2.24) is 9.55 Å². The number of allylic oxidation sites excluding steroid dienone is 1. The van der Waals surface area contributed by atoms with Crippen molar-refractivity contribution in [2.75, 3.05) is 0 Å². The molecule has 0 saturated carbocycles. The maximum atomic E-state index is 11.6. The second kappa shape index (κ2) is 7.19. The molecular formula is C25H20N2O3. The van der Waals surface area contributed by atoms with Gasteiger partial charge in [-0.1, -0.05) is 36.4 Å². The van der Waals surface area contributed by atoms with Crippen LogP contribution in [0.3, 0.4) is 0 Å². The van der Waals surface area contributed by atoms with Crippen LogP contribution in [0, 0.1) is 6.92 Å². The third-order valence-electron chi connectivity index (χ3n) is 5.48. The lowest BCUT2D eigenvalue weighted by Gasteiger charge is -2.12. The molecule has 5 heteroatoms. The van der Waals surface area contributed by atoms with E-state index in [0.29, 0.717) is 18.9 Å². The number of benzene rings is 3. The Morgan fingerprint density at radius 3 is 2.87 bits per heavy atom. The lowest BCUT2D eigenvalue weighted by molar-refractivity contribution is 0.0697. The van der Waals surface area contributed by atoms with E-state index in [4.69, 9.17) is 4.74 Å². The Morgan fingerprint density at radius 1 is 1.13 bits per heavy atom. The maximum Gasteiger partial charge on any atom is 0.335 e. The SMILES string of the molecule is Cc1ccc2c(c1)ncn2C/C=C1\c2ccccc2COc2ccc(C(=O)O)cc21. The molecule has 0 amide bonds. The van der Waals surface area contributed by atoms with Gasteiger partial charge in [0.1, 0.15) is 12.4 Å². The average Bonchev–Trinajstić information content (AvgIpc) is 3.07. The third-order valence-corrected chi connectivity index (χ3v) is 5.48. The van der Waals surface area contributed by atoms with Gasteiger partial charge in [-0.25, -0.2) is 9.78 Å². The Hall–Kier alpha value is -3.86. The zero-order valence-corrected chi connectivity index (χ0v) is 16.5. The normalized spacial score (nSPS) is 14.1. The summed E-state index contributed by atoms with van der Waals surface area (Å²) in [6.45, 7) is 3.11. The smallest absolute Gasteiger partial charge is 0.335 e. The zero-order chi connectivity index (χ0) is 20.7. The summed E-state index contributed by atoms with van der Waals surface area (Å²) in [5.74, 6) is -0.265. The quantitative estimate of drug-likeness (QED) is 0.525. The van der Waals surface area contributed by atoms with Crippen molar-refractivity contribution in [3.8, 4) is 5.75 Å². The van der Waals surface area contributed by atoms with Gasteiger partial charge in [-0.2, -0.15) is 0 Å². The highest BCUT2D eigenvalue weighted by atomic mass is 16.5. The summed E-state index contributed by atoms with van der Waals surface area (Å²) in [4.78, 5) is 16.1. The van der Waals surface area contributed by atoms with Crippen LogP contribution in [0.25, 0.3) is 16.6 Å². The molecule has 0 fully saturated rings. The van der Waals surface area contributed by atoms with Crippen LogP contribution in [-0.4, -0.2) is 20.6 Å². The van der Waals surface area contributed by atoms with Gasteiger partial charge in [-0.05, 0) is 59.5 Å². The molecular weight excluding hydrogens is 376 g/mol. The summed E-state index contributed by atoms with van der Waals surface area (Å²) in [5.41, 5.74) is 7.33. The first kappa shape index (κ1) is 18.2. The number of carbonyl (C=O) groups is 1. The fourth-order valence-corrected chi connectivity index (χ4v) is 3.94. The van der Waals surface area contributed by atoms with Gasteiger partial charge in [0.25, 0.3) is 0 Å². The van der Waals surface area contributed by atoms with Gasteiger partial charge in [0.05, 0.1) is 22.9 Å². The number of carboxylic acid groups (broad SMARTS) is 1. The monoisotopic (exact) mass is 396 g/mol. The molecule has 0 radical (unpaired) electrons. The topological polar surface area (TPSA) is 64.4 Å². The van der Waals surface area contributed by atoms with Crippen LogP contribution in [0.4, 0.5) is 0 Å². The number of ether oxygens (including phenoxy) is 1. The molecule has 1 aromatic heterocycles. The van der Waals surface area contributed by atoms with Crippen LogP contribution in [0.15, 0.2) is 73.1 Å². The van der Waals surface area contributed by atoms with Crippen molar-refractivity contribution in [3.63, 3.8) is 0 Å². The first-order chi connectivity index (χ1) is 14.6. The molecule has 5 nitrogen and oxygen atoms in total. The fraction of sp³-hybridized carbons (Fsp3) is 0.120. The molecule has 0 saturated heterocycles. The van der Waals surface area contributed by atoms with Crippen molar-refractivity contribution in [1.29, 1.82) is 0 Å². The minimum absolute atomic E-state index is 0.242. The molecule has 3 aromatic carbocycles. The predicted molar refractivity (Wildman–Crippen MR) is 116 cm³/mol. The molecule has 1 aliphatic rings.